The van der Waals surface area contributed by atoms with E-state index in [2.05, 4.69) is 29.4 Å². The first kappa shape index (κ1) is 26.3. The van der Waals surface area contributed by atoms with Crippen LogP contribution in [0, 0.1) is 12.8 Å². The van der Waals surface area contributed by atoms with Crippen LogP contribution in [0.5, 0.6) is 0 Å². The van der Waals surface area contributed by atoms with Gasteiger partial charge in [0.25, 0.3) is 0 Å². The highest BCUT2D eigenvalue weighted by Crippen LogP contribution is 2.29. The number of ether oxygens (including phenoxy) is 2. The van der Waals surface area contributed by atoms with Gasteiger partial charge >= 0.3 is 6.09 Å². The molecule has 1 aliphatic heterocycles. The van der Waals surface area contributed by atoms with E-state index >= 15 is 0 Å². The van der Waals surface area contributed by atoms with E-state index in [1.54, 1.807) is 0 Å². The van der Waals surface area contributed by atoms with Crippen molar-refractivity contribution in [3.8, 4) is 0 Å². The molecule has 2 amide bonds. The maximum absolute atomic E-state index is 12.6. The van der Waals surface area contributed by atoms with Crippen molar-refractivity contribution in [2.45, 2.75) is 104 Å². The van der Waals surface area contributed by atoms with Gasteiger partial charge in [-0.25, -0.2) is 9.78 Å². The van der Waals surface area contributed by atoms with E-state index in [0.717, 1.165) is 62.4 Å². The van der Waals surface area contributed by atoms with Crippen molar-refractivity contribution >= 4 is 23.5 Å². The Morgan fingerprint density at radius 1 is 1.12 bits per heavy atom. The Balaban J connectivity index is 1.40. The average molecular weight is 475 g/mol. The Kier molecular flexibility index (Phi) is 8.79. The Morgan fingerprint density at radius 3 is 2.35 bits per heavy atom. The van der Waals surface area contributed by atoms with E-state index in [0.29, 0.717) is 12.3 Å². The number of carbonyl (C=O) groups excluding carboxylic acids is 2. The number of nitrogens with one attached hydrogen (secondary N) is 2. The highest BCUT2D eigenvalue weighted by atomic mass is 16.6. The normalized spacial score (nSPS) is 25.5. The van der Waals surface area contributed by atoms with Gasteiger partial charge < -0.3 is 25.0 Å². The number of hydrogen-bond acceptors (Lipinski definition) is 6. The Morgan fingerprint density at radius 2 is 1.76 bits per heavy atom. The molecule has 0 radical (unpaired) electrons. The summed E-state index contributed by atoms with van der Waals surface area (Å²) in [4.78, 5) is 31.5. The van der Waals surface area contributed by atoms with Crippen molar-refractivity contribution in [2.24, 2.45) is 5.92 Å². The zero-order valence-corrected chi connectivity index (χ0v) is 21.6. The number of hydrogen-bond donors (Lipinski definition) is 2. The van der Waals surface area contributed by atoms with Crippen LogP contribution in [0.3, 0.4) is 0 Å². The van der Waals surface area contributed by atoms with E-state index < -0.39 is 5.60 Å². The number of pyridine rings is 1. The molecule has 190 valence electrons. The lowest BCUT2D eigenvalue weighted by molar-refractivity contribution is -0.116. The summed E-state index contributed by atoms with van der Waals surface area (Å²) in [6.45, 7) is 13.3. The molecule has 1 saturated carbocycles. The van der Waals surface area contributed by atoms with Gasteiger partial charge in [-0.1, -0.05) is 0 Å². The fraction of sp³-hybridized carbons (Fsp3) is 0.731. The van der Waals surface area contributed by atoms with Crippen LogP contribution in [0.25, 0.3) is 0 Å². The first-order chi connectivity index (χ1) is 16.0. The largest absolute Gasteiger partial charge is 0.444 e. The fourth-order valence-electron chi connectivity index (χ4n) is 4.84. The molecule has 1 aliphatic carbocycles. The van der Waals surface area contributed by atoms with Crippen LogP contribution >= 0.6 is 0 Å². The van der Waals surface area contributed by atoms with Crippen molar-refractivity contribution < 1.29 is 19.1 Å². The summed E-state index contributed by atoms with van der Waals surface area (Å²) in [5, 5.41) is 6.01. The monoisotopic (exact) mass is 474 g/mol. The second-order valence-electron chi connectivity index (χ2n) is 10.9. The fourth-order valence-corrected chi connectivity index (χ4v) is 4.84. The Bertz CT molecular complexity index is 836. The third-order valence-electron chi connectivity index (χ3n) is 6.44. The molecular weight excluding hydrogens is 432 g/mol. The number of aromatic nitrogens is 1. The number of nitrogens with zero attached hydrogens (tertiary/aromatic N) is 2. The molecule has 0 aromatic carbocycles. The third-order valence-corrected chi connectivity index (χ3v) is 6.44. The van der Waals surface area contributed by atoms with Gasteiger partial charge in [-0.3, -0.25) is 4.79 Å². The lowest BCUT2D eigenvalue weighted by atomic mass is 9.83. The van der Waals surface area contributed by atoms with Crippen molar-refractivity contribution in [1.82, 2.24) is 10.3 Å². The number of rotatable bonds is 6. The number of alkyl carbamates (subject to hydrolysis) is 1. The molecule has 2 atom stereocenters. The van der Waals surface area contributed by atoms with Gasteiger partial charge in [0.1, 0.15) is 11.4 Å². The van der Waals surface area contributed by atoms with E-state index in [1.807, 2.05) is 39.8 Å². The second-order valence-corrected chi connectivity index (χ2v) is 10.9. The molecule has 2 unspecified atom stereocenters. The molecule has 2 aliphatic rings. The molecule has 1 aromatic rings. The van der Waals surface area contributed by atoms with E-state index in [1.165, 1.54) is 0 Å². The highest BCUT2D eigenvalue weighted by molar-refractivity contribution is 5.91. The summed E-state index contributed by atoms with van der Waals surface area (Å²) in [5.41, 5.74) is 1.11. The minimum absolute atomic E-state index is 0.0280. The summed E-state index contributed by atoms with van der Waals surface area (Å²) in [6.07, 6.45) is 5.24. The average Bonchev–Trinajstić information content (AvgIpc) is 2.72. The van der Waals surface area contributed by atoms with Crippen LogP contribution in [0.4, 0.5) is 16.3 Å². The topological polar surface area (TPSA) is 92.8 Å². The number of anilines is 2. The number of morpholine rings is 1. The van der Waals surface area contributed by atoms with Crippen LogP contribution in [0.2, 0.25) is 0 Å². The van der Waals surface area contributed by atoms with Crippen molar-refractivity contribution in [1.29, 1.82) is 0 Å². The molecule has 34 heavy (non-hydrogen) atoms. The lowest BCUT2D eigenvalue weighted by Gasteiger charge is -2.36. The SMILES string of the molecule is Cc1nc(N2CC(C)OC(C)C2)ccc1NC(=O)CCC1CCC(NC(=O)OC(C)(C)C)CC1. The van der Waals surface area contributed by atoms with E-state index in [4.69, 9.17) is 14.5 Å². The molecule has 1 aromatic heterocycles. The van der Waals surface area contributed by atoms with E-state index in [-0.39, 0.29) is 30.3 Å². The third kappa shape index (κ3) is 8.15. The summed E-state index contributed by atoms with van der Waals surface area (Å²) in [5.74, 6) is 1.46. The first-order valence-corrected chi connectivity index (χ1v) is 12.7. The number of aryl methyl sites for hydroxylation is 1. The molecule has 1 saturated heterocycles. The van der Waals surface area contributed by atoms with Crippen LogP contribution in [0.1, 0.15) is 78.8 Å². The zero-order chi connectivity index (χ0) is 24.9. The second kappa shape index (κ2) is 11.4. The minimum atomic E-state index is -0.484. The van der Waals surface area contributed by atoms with E-state index in [9.17, 15) is 9.59 Å². The summed E-state index contributed by atoms with van der Waals surface area (Å²) < 4.78 is 11.2. The van der Waals surface area contributed by atoms with Gasteiger partial charge in [-0.2, -0.15) is 0 Å². The molecule has 2 fully saturated rings. The highest BCUT2D eigenvalue weighted by Gasteiger charge is 2.26. The van der Waals surface area contributed by atoms with Crippen molar-refractivity contribution in [3.63, 3.8) is 0 Å². The van der Waals surface area contributed by atoms with Crippen molar-refractivity contribution in [3.05, 3.63) is 17.8 Å². The van der Waals surface area contributed by atoms with Gasteiger partial charge in [0.2, 0.25) is 5.91 Å². The standard InChI is InChI=1S/C26H42N4O4/c1-17-15-30(16-18(2)33-17)23-13-12-22(19(3)27-23)29-24(31)14-9-20-7-10-21(11-8-20)28-25(32)34-26(4,5)6/h12-13,17-18,20-21H,7-11,14-16H2,1-6H3,(H,28,32)(H,29,31). The predicted molar refractivity (Wildman–Crippen MR) is 134 cm³/mol. The Hall–Kier alpha value is -2.35. The molecule has 2 heterocycles. The van der Waals surface area contributed by atoms with Crippen LogP contribution in [-0.4, -0.2) is 53.9 Å². The summed E-state index contributed by atoms with van der Waals surface area (Å²) in [7, 11) is 0. The van der Waals surface area contributed by atoms with Crippen LogP contribution in [-0.2, 0) is 14.3 Å². The summed E-state index contributed by atoms with van der Waals surface area (Å²) >= 11 is 0. The zero-order valence-electron chi connectivity index (χ0n) is 21.6. The molecular formula is C26H42N4O4. The van der Waals surface area contributed by atoms with Gasteiger partial charge in [-0.15, -0.1) is 0 Å². The smallest absolute Gasteiger partial charge is 0.407 e. The Labute approximate surface area is 204 Å². The molecule has 3 rings (SSSR count). The maximum Gasteiger partial charge on any atom is 0.407 e. The lowest BCUT2D eigenvalue weighted by Crippen LogP contribution is -2.45. The summed E-state index contributed by atoms with van der Waals surface area (Å²) in [6, 6.07) is 4.09. The minimum Gasteiger partial charge on any atom is -0.444 e. The van der Waals surface area contributed by atoms with Gasteiger partial charge in [0.05, 0.1) is 23.6 Å². The van der Waals surface area contributed by atoms with Crippen LogP contribution in [0.15, 0.2) is 12.1 Å². The molecule has 8 heteroatoms. The first-order valence-electron chi connectivity index (χ1n) is 12.7. The maximum atomic E-state index is 12.6. The number of carbonyl (C=O) groups is 2. The molecule has 0 spiro atoms. The molecule has 2 N–H and O–H groups in total. The van der Waals surface area contributed by atoms with Gasteiger partial charge in [0, 0.05) is 25.6 Å². The van der Waals surface area contributed by atoms with Gasteiger partial charge in [-0.05, 0) is 91.7 Å². The quantitative estimate of drug-likeness (QED) is 0.615. The predicted octanol–water partition coefficient (Wildman–Crippen LogP) is 4.81. The molecule has 0 bridgehead atoms. The molecule has 8 nitrogen and oxygen atoms in total. The van der Waals surface area contributed by atoms with Gasteiger partial charge in [0.15, 0.2) is 0 Å². The van der Waals surface area contributed by atoms with Crippen molar-refractivity contribution in [2.75, 3.05) is 23.3 Å². The van der Waals surface area contributed by atoms with Crippen LogP contribution < -0.4 is 15.5 Å². The number of amides is 2.